The molecule has 1 heterocycles. The van der Waals surface area contributed by atoms with Gasteiger partial charge in [0.15, 0.2) is 0 Å². The second kappa shape index (κ2) is 4.97. The van der Waals surface area contributed by atoms with Crippen molar-refractivity contribution in [3.63, 3.8) is 0 Å². The molecule has 0 aromatic rings. The first-order valence-electron chi connectivity index (χ1n) is 5.92. The second-order valence-corrected chi connectivity index (χ2v) is 5.21. The Balaban J connectivity index is 2.69. The predicted molar refractivity (Wildman–Crippen MR) is 60.8 cm³/mol. The van der Waals surface area contributed by atoms with E-state index >= 15 is 0 Å². The normalized spacial score (nSPS) is 28.7. The monoisotopic (exact) mass is 213 g/mol. The summed E-state index contributed by atoms with van der Waals surface area (Å²) in [5.74, 6) is -0.188. The standard InChI is InChI=1S/C12H23NO2/c1-8(2)11-6-5-10(12(14)15)7-13(11)9(3)4/h8-11H,5-7H2,1-4H3,(H,14,15). The van der Waals surface area contributed by atoms with Gasteiger partial charge in [-0.25, -0.2) is 0 Å². The van der Waals surface area contributed by atoms with Gasteiger partial charge in [0.2, 0.25) is 0 Å². The van der Waals surface area contributed by atoms with Crippen LogP contribution in [0, 0.1) is 11.8 Å². The largest absolute Gasteiger partial charge is 0.481 e. The van der Waals surface area contributed by atoms with Gasteiger partial charge in [0.05, 0.1) is 5.92 Å². The summed E-state index contributed by atoms with van der Waals surface area (Å²) in [6, 6.07) is 1.00. The van der Waals surface area contributed by atoms with E-state index in [9.17, 15) is 4.79 Å². The van der Waals surface area contributed by atoms with E-state index in [-0.39, 0.29) is 5.92 Å². The van der Waals surface area contributed by atoms with Crippen molar-refractivity contribution in [3.05, 3.63) is 0 Å². The van der Waals surface area contributed by atoms with E-state index in [0.717, 1.165) is 19.4 Å². The van der Waals surface area contributed by atoms with E-state index in [0.29, 0.717) is 18.0 Å². The van der Waals surface area contributed by atoms with Gasteiger partial charge >= 0.3 is 5.97 Å². The molecule has 88 valence electrons. The molecule has 0 aromatic carbocycles. The van der Waals surface area contributed by atoms with Crippen LogP contribution >= 0.6 is 0 Å². The SMILES string of the molecule is CC(C)C1CCC(C(=O)O)CN1C(C)C. The third kappa shape index (κ3) is 2.94. The molecule has 0 radical (unpaired) electrons. The fraction of sp³-hybridized carbons (Fsp3) is 0.917. The molecule has 2 unspecified atom stereocenters. The summed E-state index contributed by atoms with van der Waals surface area (Å²) in [5, 5.41) is 9.04. The fourth-order valence-electron chi connectivity index (χ4n) is 2.53. The van der Waals surface area contributed by atoms with E-state index < -0.39 is 5.97 Å². The third-order valence-electron chi connectivity index (χ3n) is 3.45. The summed E-state index contributed by atoms with van der Waals surface area (Å²) in [4.78, 5) is 13.3. The van der Waals surface area contributed by atoms with Crippen LogP contribution in [0.2, 0.25) is 0 Å². The number of aliphatic carboxylic acids is 1. The summed E-state index contributed by atoms with van der Waals surface area (Å²) in [5.41, 5.74) is 0. The minimum atomic E-state index is -0.636. The lowest BCUT2D eigenvalue weighted by atomic mass is 9.86. The Bertz CT molecular complexity index is 226. The van der Waals surface area contributed by atoms with E-state index in [4.69, 9.17) is 5.11 Å². The zero-order valence-corrected chi connectivity index (χ0v) is 10.2. The number of piperidine rings is 1. The Morgan fingerprint density at radius 1 is 1.27 bits per heavy atom. The molecular formula is C12H23NO2. The highest BCUT2D eigenvalue weighted by atomic mass is 16.4. The van der Waals surface area contributed by atoms with Crippen LogP contribution in [0.5, 0.6) is 0 Å². The van der Waals surface area contributed by atoms with Crippen LogP contribution < -0.4 is 0 Å². The zero-order chi connectivity index (χ0) is 11.6. The van der Waals surface area contributed by atoms with Gasteiger partial charge in [0.1, 0.15) is 0 Å². The zero-order valence-electron chi connectivity index (χ0n) is 10.2. The molecular weight excluding hydrogens is 190 g/mol. The highest BCUT2D eigenvalue weighted by Crippen LogP contribution is 2.28. The third-order valence-corrected chi connectivity index (χ3v) is 3.45. The molecule has 1 saturated heterocycles. The number of rotatable bonds is 3. The van der Waals surface area contributed by atoms with Gasteiger partial charge < -0.3 is 5.11 Å². The van der Waals surface area contributed by atoms with Crippen molar-refractivity contribution >= 4 is 5.97 Å². The molecule has 2 atom stereocenters. The second-order valence-electron chi connectivity index (χ2n) is 5.21. The molecule has 3 nitrogen and oxygen atoms in total. The van der Waals surface area contributed by atoms with Gasteiger partial charge in [-0.2, -0.15) is 0 Å². The quantitative estimate of drug-likeness (QED) is 0.781. The number of nitrogens with zero attached hydrogens (tertiary/aromatic N) is 1. The maximum absolute atomic E-state index is 11.0. The molecule has 1 aliphatic heterocycles. The average Bonchev–Trinajstić information content (AvgIpc) is 2.16. The molecule has 1 fully saturated rings. The van der Waals surface area contributed by atoms with E-state index in [2.05, 4.69) is 32.6 Å². The Kier molecular flexibility index (Phi) is 4.14. The van der Waals surface area contributed by atoms with E-state index in [1.165, 1.54) is 0 Å². The maximum atomic E-state index is 11.0. The Morgan fingerprint density at radius 2 is 1.87 bits per heavy atom. The summed E-state index contributed by atoms with van der Waals surface area (Å²) < 4.78 is 0. The van der Waals surface area contributed by atoms with Crippen molar-refractivity contribution in [1.29, 1.82) is 0 Å². The Hall–Kier alpha value is -0.570. The van der Waals surface area contributed by atoms with Crippen LogP contribution in [0.1, 0.15) is 40.5 Å². The first-order chi connectivity index (χ1) is 6.93. The van der Waals surface area contributed by atoms with Crippen molar-refractivity contribution in [1.82, 2.24) is 4.90 Å². The number of hydrogen-bond donors (Lipinski definition) is 1. The fourth-order valence-corrected chi connectivity index (χ4v) is 2.53. The average molecular weight is 213 g/mol. The van der Waals surface area contributed by atoms with Crippen molar-refractivity contribution in [2.45, 2.75) is 52.6 Å². The van der Waals surface area contributed by atoms with Crippen LogP contribution in [-0.4, -0.2) is 34.6 Å². The Morgan fingerprint density at radius 3 is 2.27 bits per heavy atom. The maximum Gasteiger partial charge on any atom is 0.307 e. The molecule has 1 aliphatic rings. The molecule has 0 spiro atoms. The molecule has 1 rings (SSSR count). The molecule has 0 aliphatic carbocycles. The summed E-state index contributed by atoms with van der Waals surface area (Å²) in [6.45, 7) is 9.47. The molecule has 1 N–H and O–H groups in total. The summed E-state index contributed by atoms with van der Waals surface area (Å²) in [7, 11) is 0. The highest BCUT2D eigenvalue weighted by Gasteiger charge is 2.34. The van der Waals surface area contributed by atoms with Gasteiger partial charge in [-0.15, -0.1) is 0 Å². The van der Waals surface area contributed by atoms with Crippen LogP contribution in [0.25, 0.3) is 0 Å². The number of likely N-dealkylation sites (tertiary alicyclic amines) is 1. The molecule has 15 heavy (non-hydrogen) atoms. The minimum Gasteiger partial charge on any atom is -0.481 e. The van der Waals surface area contributed by atoms with Crippen molar-refractivity contribution in [2.75, 3.05) is 6.54 Å². The lowest BCUT2D eigenvalue weighted by Gasteiger charge is -2.43. The van der Waals surface area contributed by atoms with Gasteiger partial charge in [0, 0.05) is 18.6 Å². The molecule has 0 amide bonds. The first-order valence-corrected chi connectivity index (χ1v) is 5.92. The van der Waals surface area contributed by atoms with Gasteiger partial charge in [-0.1, -0.05) is 13.8 Å². The number of carboxylic acids is 1. The lowest BCUT2D eigenvalue weighted by molar-refractivity contribution is -0.145. The predicted octanol–water partition coefficient (Wildman–Crippen LogP) is 2.22. The van der Waals surface area contributed by atoms with E-state index in [1.807, 2.05) is 0 Å². The lowest BCUT2D eigenvalue weighted by Crippen LogP contribution is -2.50. The molecule has 3 heteroatoms. The smallest absolute Gasteiger partial charge is 0.307 e. The number of hydrogen-bond acceptors (Lipinski definition) is 2. The molecule has 0 saturated carbocycles. The van der Waals surface area contributed by atoms with Crippen LogP contribution in [0.3, 0.4) is 0 Å². The summed E-state index contributed by atoms with van der Waals surface area (Å²) in [6.07, 6.45) is 1.86. The number of carbonyl (C=O) groups is 1. The van der Waals surface area contributed by atoms with Crippen molar-refractivity contribution in [2.24, 2.45) is 11.8 Å². The van der Waals surface area contributed by atoms with Gasteiger partial charge in [-0.05, 0) is 32.6 Å². The van der Waals surface area contributed by atoms with Gasteiger partial charge in [0.25, 0.3) is 0 Å². The Labute approximate surface area is 92.5 Å². The van der Waals surface area contributed by atoms with Crippen LogP contribution in [0.4, 0.5) is 0 Å². The first kappa shape index (κ1) is 12.5. The van der Waals surface area contributed by atoms with Crippen LogP contribution in [-0.2, 0) is 4.79 Å². The van der Waals surface area contributed by atoms with Crippen molar-refractivity contribution in [3.8, 4) is 0 Å². The molecule has 0 aromatic heterocycles. The van der Waals surface area contributed by atoms with Crippen molar-refractivity contribution < 1.29 is 9.90 Å². The minimum absolute atomic E-state index is 0.164. The summed E-state index contributed by atoms with van der Waals surface area (Å²) >= 11 is 0. The highest BCUT2D eigenvalue weighted by molar-refractivity contribution is 5.70. The topological polar surface area (TPSA) is 40.5 Å². The van der Waals surface area contributed by atoms with Crippen LogP contribution in [0.15, 0.2) is 0 Å². The van der Waals surface area contributed by atoms with Gasteiger partial charge in [-0.3, -0.25) is 9.69 Å². The van der Waals surface area contributed by atoms with E-state index in [1.54, 1.807) is 0 Å². The molecule has 0 bridgehead atoms. The number of carboxylic acid groups (broad SMARTS) is 1.